The van der Waals surface area contributed by atoms with Gasteiger partial charge in [0, 0.05) is 32.3 Å². The fourth-order valence-corrected chi connectivity index (χ4v) is 2.26. The zero-order valence-electron chi connectivity index (χ0n) is 14.6. The first-order chi connectivity index (χ1) is 10.5. The van der Waals surface area contributed by atoms with Gasteiger partial charge in [0.2, 0.25) is 5.91 Å². The van der Waals surface area contributed by atoms with E-state index in [0.717, 1.165) is 11.0 Å². The largest absolute Gasteiger partial charge is 0.492 e. The normalized spacial score (nSPS) is 19.9. The summed E-state index contributed by atoms with van der Waals surface area (Å²) >= 11 is 0. The molecule has 0 radical (unpaired) electrons. The van der Waals surface area contributed by atoms with E-state index < -0.39 is 18.3 Å². The smallest absolute Gasteiger partial charge is 0.400 e. The number of nitrogens with one attached hydrogen (secondary N) is 1. The molecule has 23 heavy (non-hydrogen) atoms. The lowest BCUT2D eigenvalue weighted by atomic mass is 9.77. The number of aromatic nitrogens is 2. The van der Waals surface area contributed by atoms with E-state index in [9.17, 15) is 4.79 Å². The Hall–Kier alpha value is -1.80. The average Bonchev–Trinajstić information content (AvgIpc) is 2.81. The van der Waals surface area contributed by atoms with Crippen LogP contribution in [-0.2, 0) is 21.2 Å². The van der Waals surface area contributed by atoms with Gasteiger partial charge in [0.1, 0.15) is 0 Å². The molecule has 0 spiro atoms. The van der Waals surface area contributed by atoms with Crippen molar-refractivity contribution in [3.8, 4) is 0 Å². The van der Waals surface area contributed by atoms with Gasteiger partial charge in [-0.05, 0) is 33.2 Å². The van der Waals surface area contributed by atoms with Crippen LogP contribution in [-0.4, -0.2) is 40.6 Å². The molecule has 2 heterocycles. The molecular weight excluding hydrogens is 295 g/mol. The zero-order chi connectivity index (χ0) is 17.4. The standard InChI is InChI=1S/C15H25BN4O3/c1-10(21)18-8-12(7-11-9-20(6)19-13(11)17)16-22-14(2,3)15(4,5)23-16/h7,9H,8H2,1-6H3,(H2,17,19)(H,18,21). The lowest BCUT2D eigenvalue weighted by Crippen LogP contribution is -2.41. The summed E-state index contributed by atoms with van der Waals surface area (Å²) < 4.78 is 13.8. The van der Waals surface area contributed by atoms with E-state index in [-0.39, 0.29) is 5.91 Å². The van der Waals surface area contributed by atoms with Gasteiger partial charge in [0.15, 0.2) is 5.82 Å². The van der Waals surface area contributed by atoms with Crippen LogP contribution < -0.4 is 11.1 Å². The molecule has 0 unspecified atom stereocenters. The van der Waals surface area contributed by atoms with E-state index in [1.165, 1.54) is 6.92 Å². The van der Waals surface area contributed by atoms with Crippen molar-refractivity contribution in [3.63, 3.8) is 0 Å². The zero-order valence-corrected chi connectivity index (χ0v) is 14.6. The molecule has 2 rings (SSSR count). The van der Waals surface area contributed by atoms with Crippen LogP contribution in [0, 0.1) is 0 Å². The van der Waals surface area contributed by atoms with Crippen LogP contribution >= 0.6 is 0 Å². The number of carbonyl (C=O) groups excluding carboxylic acids is 1. The van der Waals surface area contributed by atoms with Gasteiger partial charge in [-0.25, -0.2) is 0 Å². The van der Waals surface area contributed by atoms with Crippen LogP contribution in [0.25, 0.3) is 6.08 Å². The number of aryl methyl sites for hydroxylation is 1. The summed E-state index contributed by atoms with van der Waals surface area (Å²) in [6.45, 7) is 9.74. The highest BCUT2D eigenvalue weighted by molar-refractivity contribution is 6.56. The van der Waals surface area contributed by atoms with Crippen LogP contribution in [0.4, 0.5) is 5.82 Å². The maximum atomic E-state index is 11.3. The number of rotatable bonds is 4. The van der Waals surface area contributed by atoms with Gasteiger partial charge in [-0.15, -0.1) is 0 Å². The second-order valence-electron chi connectivity index (χ2n) is 6.86. The summed E-state index contributed by atoms with van der Waals surface area (Å²) in [5.41, 5.74) is 6.56. The van der Waals surface area contributed by atoms with Gasteiger partial charge >= 0.3 is 7.12 Å². The SMILES string of the molecule is CC(=O)NCC(=Cc1cn(C)nc1N)B1OC(C)(C)C(C)(C)O1. The molecule has 0 aromatic carbocycles. The molecule has 1 aliphatic heterocycles. The molecule has 1 aromatic rings. The quantitative estimate of drug-likeness (QED) is 0.812. The van der Waals surface area contributed by atoms with Crippen molar-refractivity contribution >= 4 is 24.9 Å². The van der Waals surface area contributed by atoms with Crippen molar-refractivity contribution < 1.29 is 14.1 Å². The van der Waals surface area contributed by atoms with Gasteiger partial charge in [-0.2, -0.15) is 5.10 Å². The topological polar surface area (TPSA) is 91.4 Å². The van der Waals surface area contributed by atoms with E-state index in [0.29, 0.717) is 12.4 Å². The fourth-order valence-electron chi connectivity index (χ4n) is 2.26. The van der Waals surface area contributed by atoms with E-state index in [1.54, 1.807) is 11.7 Å². The number of nitrogens with two attached hydrogens (primary N) is 1. The Kier molecular flexibility index (Phi) is 4.59. The molecule has 1 fully saturated rings. The van der Waals surface area contributed by atoms with Gasteiger partial charge < -0.3 is 20.4 Å². The highest BCUT2D eigenvalue weighted by Gasteiger charge is 2.52. The molecule has 1 aromatic heterocycles. The monoisotopic (exact) mass is 320 g/mol. The molecule has 7 nitrogen and oxygen atoms in total. The van der Waals surface area contributed by atoms with Crippen LogP contribution in [0.3, 0.4) is 0 Å². The Bertz CT molecular complexity index is 621. The highest BCUT2D eigenvalue weighted by atomic mass is 16.7. The summed E-state index contributed by atoms with van der Waals surface area (Å²) in [6.07, 6.45) is 3.68. The molecular formula is C15H25BN4O3. The third kappa shape index (κ3) is 3.76. The first-order valence-corrected chi connectivity index (χ1v) is 7.61. The molecule has 1 amide bonds. The van der Waals surface area contributed by atoms with Crippen molar-refractivity contribution in [1.82, 2.24) is 15.1 Å². The number of hydrogen-bond acceptors (Lipinski definition) is 5. The number of carbonyl (C=O) groups is 1. The third-order valence-corrected chi connectivity index (χ3v) is 4.33. The molecule has 8 heteroatoms. The van der Waals surface area contributed by atoms with Gasteiger partial charge in [-0.3, -0.25) is 9.48 Å². The number of anilines is 1. The summed E-state index contributed by atoms with van der Waals surface area (Å²) in [4.78, 5) is 11.3. The van der Waals surface area contributed by atoms with E-state index in [1.807, 2.05) is 40.0 Å². The second kappa shape index (κ2) is 6.01. The number of amides is 1. The van der Waals surface area contributed by atoms with Crippen LogP contribution in [0.2, 0.25) is 0 Å². The van der Waals surface area contributed by atoms with Crippen LogP contribution in [0.5, 0.6) is 0 Å². The third-order valence-electron chi connectivity index (χ3n) is 4.33. The molecule has 0 saturated carbocycles. The van der Waals surface area contributed by atoms with Crippen molar-refractivity contribution in [3.05, 3.63) is 17.2 Å². The van der Waals surface area contributed by atoms with Crippen molar-refractivity contribution in [1.29, 1.82) is 0 Å². The molecule has 1 saturated heterocycles. The van der Waals surface area contributed by atoms with Gasteiger partial charge in [0.05, 0.1) is 11.2 Å². The molecule has 126 valence electrons. The summed E-state index contributed by atoms with van der Waals surface area (Å²) in [5, 5.41) is 6.91. The average molecular weight is 320 g/mol. The lowest BCUT2D eigenvalue weighted by Gasteiger charge is -2.32. The van der Waals surface area contributed by atoms with Gasteiger partial charge in [0.25, 0.3) is 0 Å². The molecule has 0 atom stereocenters. The van der Waals surface area contributed by atoms with Crippen LogP contribution in [0.15, 0.2) is 11.7 Å². The Morgan fingerprint density at radius 3 is 2.39 bits per heavy atom. The minimum atomic E-state index is -0.550. The maximum absolute atomic E-state index is 11.3. The Morgan fingerprint density at radius 2 is 1.96 bits per heavy atom. The number of nitrogens with zero attached hydrogens (tertiary/aromatic N) is 2. The van der Waals surface area contributed by atoms with E-state index >= 15 is 0 Å². The van der Waals surface area contributed by atoms with Crippen molar-refractivity contribution in [2.75, 3.05) is 12.3 Å². The van der Waals surface area contributed by atoms with Crippen molar-refractivity contribution in [2.24, 2.45) is 7.05 Å². The maximum Gasteiger partial charge on any atom is 0.492 e. The minimum Gasteiger partial charge on any atom is -0.400 e. The molecule has 0 aliphatic carbocycles. The molecule has 0 bridgehead atoms. The van der Waals surface area contributed by atoms with Crippen LogP contribution in [0.1, 0.15) is 40.2 Å². The fraction of sp³-hybridized carbons (Fsp3) is 0.600. The summed E-state index contributed by atoms with van der Waals surface area (Å²) in [5.74, 6) is 0.302. The second-order valence-corrected chi connectivity index (χ2v) is 6.86. The summed E-state index contributed by atoms with van der Waals surface area (Å²) in [7, 11) is 1.25. The Morgan fingerprint density at radius 1 is 1.39 bits per heavy atom. The minimum absolute atomic E-state index is 0.119. The number of nitrogen functional groups attached to an aromatic ring is 1. The first-order valence-electron chi connectivity index (χ1n) is 7.61. The van der Waals surface area contributed by atoms with Crippen molar-refractivity contribution in [2.45, 2.75) is 45.8 Å². The van der Waals surface area contributed by atoms with E-state index in [4.69, 9.17) is 15.0 Å². The highest BCUT2D eigenvalue weighted by Crippen LogP contribution is 2.38. The lowest BCUT2D eigenvalue weighted by molar-refractivity contribution is -0.118. The first kappa shape index (κ1) is 17.6. The Labute approximate surface area is 137 Å². The number of hydrogen-bond donors (Lipinski definition) is 2. The Balaban J connectivity index is 2.32. The molecule has 3 N–H and O–H groups in total. The predicted octanol–water partition coefficient (Wildman–Crippen LogP) is 1.15. The van der Waals surface area contributed by atoms with Gasteiger partial charge in [-0.1, -0.05) is 6.08 Å². The summed E-state index contributed by atoms with van der Waals surface area (Å²) in [6, 6.07) is 0. The molecule has 1 aliphatic rings. The predicted molar refractivity (Wildman–Crippen MR) is 90.4 cm³/mol. The van der Waals surface area contributed by atoms with E-state index in [2.05, 4.69) is 10.4 Å².